The van der Waals surface area contributed by atoms with Crippen LogP contribution >= 0.6 is 15.9 Å². The molecule has 1 unspecified atom stereocenters. The summed E-state index contributed by atoms with van der Waals surface area (Å²) in [5.41, 5.74) is 45.2. The molecule has 1 aliphatic carbocycles. The molecule has 0 bridgehead atoms. The number of hydrogen-bond acceptors (Lipinski definition) is 18. The quantitative estimate of drug-likeness (QED) is 0.0242. The van der Waals surface area contributed by atoms with Gasteiger partial charge in [-0.2, -0.15) is 10.2 Å². The maximum atomic E-state index is 13.4. The highest BCUT2D eigenvalue weighted by Gasteiger charge is 2.27. The van der Waals surface area contributed by atoms with Gasteiger partial charge in [-0.1, -0.05) is 148 Å². The van der Waals surface area contributed by atoms with Crippen LogP contribution in [0.3, 0.4) is 0 Å². The first kappa shape index (κ1) is 98.8. The monoisotopic (exact) mass is 2010 g/mol. The predicted molar refractivity (Wildman–Crippen MR) is 545 cm³/mol. The van der Waals surface area contributed by atoms with Gasteiger partial charge in [0.05, 0.1) is 84.5 Å². The number of aromatic nitrogens is 15. The summed E-state index contributed by atoms with van der Waals surface area (Å²) in [6.07, 6.45) is 23.3. The standard InChI is InChI=1S/C26H25FN4O2.C23H21FN4O.C22H17FN4O3.C20H14BrFN4O.C20H15FN4O/c27-20-8-6-17(7-9-20)22-12-24(26(28)33)30-23-11-16(5-10-21(22)23)14-31-15-19(13-29-31)25(32)18-3-1-2-4-18;1-14(2)23-26-9-10-28(23)13-15-3-8-18-19(16-4-6-17(24)7-5-16)12-21(22(25)29)27-20(18)11-15;1-30-22(29)15-10-25-27(12-15)11-13-2-7-17-18(14-3-5-16(23)6-4-14)9-20(21(24)28)26-19(17)8-13;21-19-10-26(11-24-19)9-12-1-6-15-16(13-2-4-14(22)5-3-13)8-18(20(23)27)25-17(15)7-12;21-15-4-2-14(3-5-15)17-10-19(20(22)26)24-18-9-13(1-6-16(17)18)11-25-8-7-23-12-25/h5-13,15,18,25,32H,1-4,14H2,(H2,28,33);3-12,14H,13H2,1-2H3,(H2,25,29);2-10,12H,11H2,1H3,(H2,24,28);1-8,10-11H,9H2,(H2,23,27);1-10,12H,11H2,(H2,22,26). The van der Waals surface area contributed by atoms with Crippen LogP contribution in [-0.4, -0.2) is 121 Å². The van der Waals surface area contributed by atoms with E-state index in [2.05, 4.69) is 89.2 Å². The van der Waals surface area contributed by atoms with Crippen molar-refractivity contribution >= 4 is 106 Å². The number of amides is 5. The maximum absolute atomic E-state index is 13.4. The largest absolute Gasteiger partial charge is 0.465 e. The van der Waals surface area contributed by atoms with Crippen LogP contribution in [0, 0.1) is 35.0 Å². The molecule has 1 atom stereocenters. The fourth-order valence-electron chi connectivity index (χ4n) is 17.4. The molecule has 0 spiro atoms. The molecule has 20 aromatic rings. The highest BCUT2D eigenvalue weighted by Crippen LogP contribution is 2.39. The fraction of sp³-hybridized carbons (Fsp3) is 0.135. The summed E-state index contributed by atoms with van der Waals surface area (Å²) in [4.78, 5) is 105. The van der Waals surface area contributed by atoms with Gasteiger partial charge in [0.1, 0.15) is 68.0 Å². The zero-order chi connectivity index (χ0) is 102. The molecule has 726 valence electrons. The molecule has 0 saturated heterocycles. The zero-order valence-corrected chi connectivity index (χ0v) is 79.8. The fourth-order valence-corrected chi connectivity index (χ4v) is 17.8. The summed E-state index contributed by atoms with van der Waals surface area (Å²) in [5.74, 6) is -3.53. The second kappa shape index (κ2) is 43.9. The summed E-state index contributed by atoms with van der Waals surface area (Å²) >= 11 is 3.33. The zero-order valence-electron chi connectivity index (χ0n) is 78.2. The van der Waals surface area contributed by atoms with Crippen LogP contribution in [-0.2, 0) is 37.5 Å². The lowest BCUT2D eigenvalue weighted by Gasteiger charge is -2.15. The highest BCUT2D eigenvalue weighted by molar-refractivity contribution is 9.10. The number of hydrogen-bond donors (Lipinski definition) is 6. The molecule has 145 heavy (non-hydrogen) atoms. The number of benzene rings is 10. The molecule has 21 rings (SSSR count). The van der Waals surface area contributed by atoms with Crippen LogP contribution < -0.4 is 28.7 Å². The number of nitrogens with two attached hydrogens (primary N) is 5. The number of halogens is 6. The van der Waals surface area contributed by atoms with Gasteiger partial charge in [-0.3, -0.25) is 33.3 Å². The molecule has 10 heterocycles. The van der Waals surface area contributed by atoms with Gasteiger partial charge in [-0.05, 0) is 239 Å². The Labute approximate surface area is 834 Å². The first-order valence-electron chi connectivity index (χ1n) is 45.9. The van der Waals surface area contributed by atoms with E-state index in [0.29, 0.717) is 77.7 Å². The average molecular weight is 2010 g/mol. The van der Waals surface area contributed by atoms with Crippen molar-refractivity contribution in [3.05, 3.63) is 418 Å². The van der Waals surface area contributed by atoms with E-state index in [0.717, 1.165) is 139 Å². The topological polar surface area (TPSA) is 416 Å². The van der Waals surface area contributed by atoms with Crippen LogP contribution in [0.1, 0.15) is 154 Å². The molecule has 1 saturated carbocycles. The van der Waals surface area contributed by atoms with Crippen molar-refractivity contribution in [2.75, 3.05) is 7.11 Å². The Balaban J connectivity index is 0.000000124. The summed E-state index contributed by atoms with van der Waals surface area (Å²) in [6, 6.07) is 67.9. The average Bonchev–Trinajstić information content (AvgIpc) is 1.13. The van der Waals surface area contributed by atoms with Gasteiger partial charge in [-0.25, -0.2) is 66.6 Å². The summed E-state index contributed by atoms with van der Waals surface area (Å²) in [7, 11) is 1.31. The lowest BCUT2D eigenvalue weighted by molar-refractivity contribution is 0.0599. The van der Waals surface area contributed by atoms with Gasteiger partial charge in [0.15, 0.2) is 0 Å². The number of rotatable bonds is 24. The molecule has 0 aliphatic heterocycles. The summed E-state index contributed by atoms with van der Waals surface area (Å²) in [6.45, 7) is 7.01. The van der Waals surface area contributed by atoms with Crippen molar-refractivity contribution in [1.82, 2.24) is 73.1 Å². The molecule has 1 aliphatic rings. The van der Waals surface area contributed by atoms with Crippen molar-refractivity contribution in [3.8, 4) is 55.6 Å². The maximum Gasteiger partial charge on any atom is 0.341 e. The normalized spacial score (nSPS) is 12.0. The first-order valence-corrected chi connectivity index (χ1v) is 46.7. The van der Waals surface area contributed by atoms with Crippen LogP contribution in [0.15, 0.2) is 316 Å². The van der Waals surface area contributed by atoms with Crippen molar-refractivity contribution in [2.45, 2.75) is 84.3 Å². The lowest BCUT2D eigenvalue weighted by Crippen LogP contribution is -2.13. The number of pyridine rings is 5. The Morgan fingerprint density at radius 3 is 1.04 bits per heavy atom. The Bertz CT molecular complexity index is 8240. The first-order chi connectivity index (χ1) is 69.9. The molecule has 34 heteroatoms. The molecular formula is C111H92BrF5N20O8. The molecule has 10 aromatic heterocycles. The van der Waals surface area contributed by atoms with Crippen molar-refractivity contribution in [2.24, 2.45) is 34.6 Å². The Hall–Kier alpha value is -17.8. The minimum atomic E-state index is -0.652. The van der Waals surface area contributed by atoms with E-state index < -0.39 is 41.6 Å². The Morgan fingerprint density at radius 1 is 0.393 bits per heavy atom. The van der Waals surface area contributed by atoms with Gasteiger partial charge in [0, 0.05) is 101 Å². The second-order valence-corrected chi connectivity index (χ2v) is 35.8. The number of primary amides is 5. The Kier molecular flexibility index (Phi) is 29.9. The SMILES string of the molecule is CC(C)c1nccn1Cc1ccc2c(-c3ccc(F)cc3)cc(C(N)=O)nc2c1.COC(=O)c1cnn(Cc2ccc3c(-c4ccc(F)cc4)cc(C(N)=O)nc3c2)c1.NC(=O)c1cc(-c2ccc(F)cc2)c2ccc(Cn3cc(C(O)C4CCCC4)cn3)cc2n1.NC(=O)c1cc(-c2ccc(F)cc2)c2ccc(Cn3ccnc3)cc2n1.NC(=O)c1cc(-c2ccc(F)cc2)c2ccc(Cn3cnc(Br)c3)cc2n1. The number of carbonyl (C=O) groups is 6. The number of aliphatic hydroxyl groups is 1. The molecule has 1 fully saturated rings. The third-order valence-corrected chi connectivity index (χ3v) is 24.9. The molecule has 10 aromatic carbocycles. The number of nitrogens with zero attached hydrogens (tertiary/aromatic N) is 15. The minimum Gasteiger partial charge on any atom is -0.465 e. The number of esters is 1. The van der Waals surface area contributed by atoms with E-state index in [4.69, 9.17) is 28.7 Å². The van der Waals surface area contributed by atoms with Gasteiger partial charge in [0.2, 0.25) is 0 Å². The molecule has 5 amide bonds. The van der Waals surface area contributed by atoms with Gasteiger partial charge >= 0.3 is 5.97 Å². The van der Waals surface area contributed by atoms with Crippen LogP contribution in [0.5, 0.6) is 0 Å². The molecule has 11 N–H and O–H groups in total. The molecule has 28 nitrogen and oxygen atoms in total. The number of imidazole rings is 3. The third-order valence-electron chi connectivity index (χ3n) is 24.5. The second-order valence-electron chi connectivity index (χ2n) is 34.9. The number of fused-ring (bicyclic) bond motifs is 5. The summed E-state index contributed by atoms with van der Waals surface area (Å²) in [5, 5.41) is 23.5. The van der Waals surface area contributed by atoms with E-state index in [1.807, 2.05) is 125 Å². The van der Waals surface area contributed by atoms with Gasteiger partial charge < -0.3 is 52.2 Å². The number of ether oxygens (including phenoxy) is 1. The highest BCUT2D eigenvalue weighted by atomic mass is 79.9. The van der Waals surface area contributed by atoms with E-state index in [-0.39, 0.29) is 57.6 Å². The lowest BCUT2D eigenvalue weighted by atomic mass is 9.97. The van der Waals surface area contributed by atoms with E-state index >= 15 is 0 Å². The van der Waals surface area contributed by atoms with E-state index in [1.54, 1.807) is 138 Å². The minimum absolute atomic E-state index is 0.117. The predicted octanol–water partition coefficient (Wildman–Crippen LogP) is 19.8. The number of carbonyl (C=O) groups excluding carboxylic acids is 6. The summed E-state index contributed by atoms with van der Waals surface area (Å²) < 4.78 is 81.5. The van der Waals surface area contributed by atoms with Crippen LogP contribution in [0.4, 0.5) is 22.0 Å². The molecular weight excluding hydrogens is 1920 g/mol. The van der Waals surface area contributed by atoms with Gasteiger partial charge in [-0.15, -0.1) is 0 Å². The van der Waals surface area contributed by atoms with Crippen molar-refractivity contribution in [3.63, 3.8) is 0 Å². The van der Waals surface area contributed by atoms with E-state index in [1.165, 1.54) is 86.8 Å². The van der Waals surface area contributed by atoms with Gasteiger partial charge in [0.25, 0.3) is 29.5 Å². The third kappa shape index (κ3) is 23.8. The number of aliphatic hydroxyl groups excluding tert-OH is 1. The number of methoxy groups -OCH3 is 1. The smallest absolute Gasteiger partial charge is 0.341 e. The van der Waals surface area contributed by atoms with Crippen LogP contribution in [0.2, 0.25) is 0 Å². The van der Waals surface area contributed by atoms with Crippen LogP contribution in [0.25, 0.3) is 110 Å². The molecule has 0 radical (unpaired) electrons. The van der Waals surface area contributed by atoms with Crippen molar-refractivity contribution in [1.29, 1.82) is 0 Å². The van der Waals surface area contributed by atoms with Crippen molar-refractivity contribution < 1.29 is 60.6 Å². The van der Waals surface area contributed by atoms with E-state index in [9.17, 15) is 55.8 Å². The Morgan fingerprint density at radius 2 is 0.724 bits per heavy atom.